The Kier molecular flexibility index (Phi) is 3.63. The maximum absolute atomic E-state index is 13.6. The Labute approximate surface area is 127 Å². The molecule has 112 valence electrons. The zero-order chi connectivity index (χ0) is 15.7. The number of nitrogens with zero attached hydrogens (tertiary/aromatic N) is 2. The molecule has 0 saturated heterocycles. The molecule has 0 aliphatic heterocycles. The van der Waals surface area contributed by atoms with Crippen LogP contribution < -0.4 is 5.32 Å². The number of hydrogen-bond acceptors (Lipinski definition) is 2. The molecule has 0 radical (unpaired) electrons. The summed E-state index contributed by atoms with van der Waals surface area (Å²) in [6.45, 7) is 4.16. The van der Waals surface area contributed by atoms with Crippen LogP contribution in [0.25, 0.3) is 11.0 Å². The van der Waals surface area contributed by atoms with Crippen molar-refractivity contribution in [2.24, 2.45) is 0 Å². The van der Waals surface area contributed by atoms with Crippen molar-refractivity contribution < 1.29 is 9.18 Å². The molecule has 1 aromatic heterocycles. The summed E-state index contributed by atoms with van der Waals surface area (Å²) < 4.78 is 15.7. The molecule has 3 rings (SSSR count). The summed E-state index contributed by atoms with van der Waals surface area (Å²) in [5.74, 6) is -1.01. The van der Waals surface area contributed by atoms with Crippen molar-refractivity contribution >= 4 is 22.6 Å². The fourth-order valence-electron chi connectivity index (χ4n) is 2.36. The number of carbonyl (C=O) groups excluding carboxylic acids is 1. The second-order valence-corrected chi connectivity index (χ2v) is 5.38. The third-order valence-corrected chi connectivity index (χ3v) is 3.51. The van der Waals surface area contributed by atoms with Gasteiger partial charge in [0, 0.05) is 11.7 Å². The quantitative estimate of drug-likeness (QED) is 0.794. The molecule has 1 N–H and O–H groups in total. The van der Waals surface area contributed by atoms with Crippen LogP contribution in [0.15, 0.2) is 48.8 Å². The van der Waals surface area contributed by atoms with Crippen molar-refractivity contribution in [1.29, 1.82) is 0 Å². The van der Waals surface area contributed by atoms with Crippen LogP contribution in [-0.2, 0) is 0 Å². The van der Waals surface area contributed by atoms with Crippen LogP contribution in [0.3, 0.4) is 0 Å². The zero-order valence-electron chi connectivity index (χ0n) is 12.4. The maximum Gasteiger partial charge on any atom is 0.258 e. The second-order valence-electron chi connectivity index (χ2n) is 5.38. The van der Waals surface area contributed by atoms with Crippen LogP contribution in [0, 0.1) is 5.82 Å². The Bertz CT molecular complexity index is 839. The number of fused-ring (bicyclic) bond motifs is 1. The van der Waals surface area contributed by atoms with Crippen LogP contribution in [0.5, 0.6) is 0 Å². The highest BCUT2D eigenvalue weighted by Crippen LogP contribution is 2.21. The van der Waals surface area contributed by atoms with E-state index in [-0.39, 0.29) is 5.56 Å². The van der Waals surface area contributed by atoms with E-state index in [1.165, 1.54) is 12.1 Å². The number of nitrogens with one attached hydrogen (secondary N) is 1. The summed E-state index contributed by atoms with van der Waals surface area (Å²) in [5, 5.41) is 2.70. The highest BCUT2D eigenvalue weighted by atomic mass is 19.1. The van der Waals surface area contributed by atoms with Gasteiger partial charge < -0.3 is 9.88 Å². The van der Waals surface area contributed by atoms with Gasteiger partial charge >= 0.3 is 0 Å². The van der Waals surface area contributed by atoms with E-state index in [2.05, 4.69) is 28.7 Å². The number of amides is 1. The lowest BCUT2D eigenvalue weighted by Crippen LogP contribution is -2.13. The number of hydrogen-bond donors (Lipinski definition) is 1. The van der Waals surface area contributed by atoms with E-state index in [1.807, 2.05) is 6.07 Å². The minimum Gasteiger partial charge on any atom is -0.328 e. The van der Waals surface area contributed by atoms with Gasteiger partial charge in [-0.1, -0.05) is 12.1 Å². The number of rotatable bonds is 3. The molecule has 0 spiro atoms. The number of halogens is 1. The smallest absolute Gasteiger partial charge is 0.258 e. The molecule has 1 heterocycles. The van der Waals surface area contributed by atoms with E-state index in [1.54, 1.807) is 30.6 Å². The third-order valence-electron chi connectivity index (χ3n) is 3.51. The summed E-state index contributed by atoms with van der Waals surface area (Å²) in [6, 6.07) is 11.7. The highest BCUT2D eigenvalue weighted by molar-refractivity contribution is 6.05. The van der Waals surface area contributed by atoms with E-state index in [0.29, 0.717) is 11.7 Å². The average molecular weight is 297 g/mol. The van der Waals surface area contributed by atoms with Crippen LogP contribution in [0.1, 0.15) is 30.2 Å². The van der Waals surface area contributed by atoms with E-state index in [0.717, 1.165) is 11.0 Å². The molecule has 2 aromatic carbocycles. The summed E-state index contributed by atoms with van der Waals surface area (Å²) >= 11 is 0. The molecule has 0 aliphatic rings. The molecule has 0 unspecified atom stereocenters. The van der Waals surface area contributed by atoms with E-state index < -0.39 is 11.7 Å². The molecule has 4 nitrogen and oxygen atoms in total. The average Bonchev–Trinajstić information content (AvgIpc) is 2.91. The van der Waals surface area contributed by atoms with Crippen LogP contribution in [0.2, 0.25) is 0 Å². The third kappa shape index (κ3) is 2.57. The molecular formula is C17H16FN3O. The topological polar surface area (TPSA) is 46.9 Å². The van der Waals surface area contributed by atoms with E-state index in [4.69, 9.17) is 0 Å². The van der Waals surface area contributed by atoms with Gasteiger partial charge in [-0.3, -0.25) is 4.79 Å². The molecule has 1 amide bonds. The van der Waals surface area contributed by atoms with Gasteiger partial charge in [-0.05, 0) is 44.2 Å². The summed E-state index contributed by atoms with van der Waals surface area (Å²) in [4.78, 5) is 16.4. The molecular weight excluding hydrogens is 281 g/mol. The fourth-order valence-corrected chi connectivity index (χ4v) is 2.36. The largest absolute Gasteiger partial charge is 0.328 e. The Morgan fingerprint density at radius 2 is 2.00 bits per heavy atom. The number of imidazole rings is 1. The molecule has 5 heteroatoms. The van der Waals surface area contributed by atoms with Gasteiger partial charge in [0.15, 0.2) is 0 Å². The fraction of sp³-hybridized carbons (Fsp3) is 0.176. The van der Waals surface area contributed by atoms with Gasteiger partial charge in [0.1, 0.15) is 5.82 Å². The number of benzene rings is 2. The molecule has 0 aliphatic carbocycles. The van der Waals surface area contributed by atoms with Crippen molar-refractivity contribution in [3.63, 3.8) is 0 Å². The Balaban J connectivity index is 1.88. The Morgan fingerprint density at radius 3 is 2.73 bits per heavy atom. The maximum atomic E-state index is 13.6. The van der Waals surface area contributed by atoms with Crippen molar-refractivity contribution in [1.82, 2.24) is 9.55 Å². The molecule has 0 atom stereocenters. The zero-order valence-corrected chi connectivity index (χ0v) is 12.4. The lowest BCUT2D eigenvalue weighted by molar-refractivity contribution is 0.102. The van der Waals surface area contributed by atoms with Crippen molar-refractivity contribution in [3.8, 4) is 0 Å². The van der Waals surface area contributed by atoms with Gasteiger partial charge in [-0.2, -0.15) is 0 Å². The first-order valence-corrected chi connectivity index (χ1v) is 7.09. The predicted molar refractivity (Wildman–Crippen MR) is 84.5 cm³/mol. The number of aromatic nitrogens is 2. The van der Waals surface area contributed by atoms with Crippen molar-refractivity contribution in [2.45, 2.75) is 19.9 Å². The van der Waals surface area contributed by atoms with Gasteiger partial charge in [0.2, 0.25) is 0 Å². The molecule has 3 aromatic rings. The Hall–Kier alpha value is -2.69. The normalized spacial score (nSPS) is 11.1. The minimum atomic E-state index is -0.537. The van der Waals surface area contributed by atoms with E-state index >= 15 is 0 Å². The summed E-state index contributed by atoms with van der Waals surface area (Å²) in [6.07, 6.45) is 1.78. The van der Waals surface area contributed by atoms with Crippen LogP contribution in [-0.4, -0.2) is 15.5 Å². The molecule has 0 bridgehead atoms. The minimum absolute atomic E-state index is 0.0234. The van der Waals surface area contributed by atoms with Crippen molar-refractivity contribution in [2.75, 3.05) is 5.32 Å². The number of anilines is 1. The second kappa shape index (κ2) is 5.60. The Morgan fingerprint density at radius 1 is 1.23 bits per heavy atom. The van der Waals surface area contributed by atoms with Crippen LogP contribution in [0.4, 0.5) is 10.1 Å². The lowest BCUT2D eigenvalue weighted by atomic mass is 10.2. The summed E-state index contributed by atoms with van der Waals surface area (Å²) in [5.41, 5.74) is 2.41. The van der Waals surface area contributed by atoms with Crippen LogP contribution >= 0.6 is 0 Å². The first kappa shape index (κ1) is 14.3. The van der Waals surface area contributed by atoms with Crippen molar-refractivity contribution in [3.05, 3.63) is 60.2 Å². The molecule has 0 fully saturated rings. The lowest BCUT2D eigenvalue weighted by Gasteiger charge is -2.09. The summed E-state index contributed by atoms with van der Waals surface area (Å²) in [7, 11) is 0. The van der Waals surface area contributed by atoms with Gasteiger partial charge in [-0.25, -0.2) is 9.37 Å². The molecule has 22 heavy (non-hydrogen) atoms. The van der Waals surface area contributed by atoms with E-state index in [9.17, 15) is 9.18 Å². The van der Waals surface area contributed by atoms with Gasteiger partial charge in [0.25, 0.3) is 5.91 Å². The monoisotopic (exact) mass is 297 g/mol. The van der Waals surface area contributed by atoms with Gasteiger partial charge in [0.05, 0.1) is 22.9 Å². The predicted octanol–water partition coefficient (Wildman–Crippen LogP) is 4.01. The first-order chi connectivity index (χ1) is 10.6. The highest BCUT2D eigenvalue weighted by Gasteiger charge is 2.12. The molecule has 0 saturated carbocycles. The number of carbonyl (C=O) groups is 1. The first-order valence-electron chi connectivity index (χ1n) is 7.09. The standard InChI is InChI=1S/C17H16FN3O/c1-11(2)21-10-19-15-9-12(7-8-16(15)21)20-17(22)13-5-3-4-6-14(13)18/h3-11H,1-2H3,(H,20,22). The van der Waals surface area contributed by atoms with Gasteiger partial charge in [-0.15, -0.1) is 0 Å². The SMILES string of the molecule is CC(C)n1cnc2cc(NC(=O)c3ccccc3F)ccc21.